The summed E-state index contributed by atoms with van der Waals surface area (Å²) in [6.45, 7) is 3.53. The lowest BCUT2D eigenvalue weighted by atomic mass is 10.00. The van der Waals surface area contributed by atoms with Gasteiger partial charge in [0.1, 0.15) is 5.82 Å². The molecule has 0 bridgehead atoms. The number of hydrogen-bond acceptors (Lipinski definition) is 5. The Bertz CT molecular complexity index is 649. The fraction of sp³-hybridized carbons (Fsp3) is 0.286. The maximum Gasteiger partial charge on any atom is 0.251 e. The first kappa shape index (κ1) is 13.9. The van der Waals surface area contributed by atoms with Crippen molar-refractivity contribution in [1.29, 1.82) is 0 Å². The van der Waals surface area contributed by atoms with Crippen molar-refractivity contribution in [2.45, 2.75) is 20.3 Å². The second-order valence-corrected chi connectivity index (χ2v) is 4.89. The fourth-order valence-corrected chi connectivity index (χ4v) is 2.04. The summed E-state index contributed by atoms with van der Waals surface area (Å²) in [5, 5.41) is 22.8. The Labute approximate surface area is 116 Å². The highest BCUT2D eigenvalue weighted by atomic mass is 16.3. The number of nitrogens with two attached hydrogens (primary N) is 1. The van der Waals surface area contributed by atoms with Crippen LogP contribution in [0.2, 0.25) is 0 Å². The van der Waals surface area contributed by atoms with Crippen molar-refractivity contribution in [2.24, 2.45) is 5.92 Å². The van der Waals surface area contributed by atoms with E-state index in [0.29, 0.717) is 17.9 Å². The third-order valence-electron chi connectivity index (χ3n) is 3.07. The largest absolute Gasteiger partial charge is 0.504 e. The Morgan fingerprint density at radius 1 is 1.35 bits per heavy atom. The van der Waals surface area contributed by atoms with Gasteiger partial charge in [0.15, 0.2) is 11.5 Å². The number of hydrogen-bond donors (Lipinski definition) is 3. The van der Waals surface area contributed by atoms with E-state index in [1.807, 2.05) is 0 Å². The van der Waals surface area contributed by atoms with Gasteiger partial charge in [-0.1, -0.05) is 13.0 Å². The number of aromatic nitrogens is 2. The third-order valence-corrected chi connectivity index (χ3v) is 3.07. The summed E-state index contributed by atoms with van der Waals surface area (Å²) < 4.78 is 1.19. The number of phenolic OH excluding ortho intramolecular Hbond substituents is 2. The van der Waals surface area contributed by atoms with Crippen molar-refractivity contribution >= 4 is 11.7 Å². The summed E-state index contributed by atoms with van der Waals surface area (Å²) in [7, 11) is 0. The van der Waals surface area contributed by atoms with Gasteiger partial charge in [0.25, 0.3) is 5.91 Å². The first-order valence-corrected chi connectivity index (χ1v) is 6.25. The number of aryl methyl sites for hydroxylation is 1. The number of phenols is 2. The smallest absolute Gasteiger partial charge is 0.251 e. The van der Waals surface area contributed by atoms with E-state index < -0.39 is 0 Å². The Kier molecular flexibility index (Phi) is 3.65. The summed E-state index contributed by atoms with van der Waals surface area (Å²) in [5.41, 5.74) is 7.16. The molecule has 4 N–H and O–H groups in total. The molecule has 0 aliphatic rings. The van der Waals surface area contributed by atoms with Gasteiger partial charge >= 0.3 is 0 Å². The number of carbonyl (C=O) groups is 1. The molecule has 0 fully saturated rings. The van der Waals surface area contributed by atoms with Crippen molar-refractivity contribution < 1.29 is 15.0 Å². The van der Waals surface area contributed by atoms with Gasteiger partial charge in [0.2, 0.25) is 0 Å². The third kappa shape index (κ3) is 2.74. The molecule has 6 nitrogen and oxygen atoms in total. The zero-order chi connectivity index (χ0) is 14.9. The van der Waals surface area contributed by atoms with Crippen LogP contribution in [0.25, 0.3) is 0 Å². The molecule has 20 heavy (non-hydrogen) atoms. The van der Waals surface area contributed by atoms with E-state index in [1.54, 1.807) is 26.0 Å². The number of benzene rings is 1. The van der Waals surface area contributed by atoms with Crippen molar-refractivity contribution in [2.75, 3.05) is 5.73 Å². The zero-order valence-electron chi connectivity index (χ0n) is 11.4. The standard InChI is InChI=1S/C14H17N3O3/c1-8(5-10-3-4-11(18)12(19)7-10)14(20)17-13(15)6-9(2)16-17/h3-4,6-8,18-19H,5,15H2,1-2H3. The number of anilines is 1. The van der Waals surface area contributed by atoms with E-state index in [-0.39, 0.29) is 23.3 Å². The molecule has 106 valence electrons. The lowest BCUT2D eigenvalue weighted by molar-refractivity contribution is 0.0830. The predicted molar refractivity (Wildman–Crippen MR) is 74.6 cm³/mol. The number of nitrogens with zero attached hydrogens (tertiary/aromatic N) is 2. The minimum atomic E-state index is -0.347. The molecular formula is C14H17N3O3. The minimum absolute atomic E-state index is 0.181. The maximum absolute atomic E-state index is 12.2. The van der Waals surface area contributed by atoms with Crippen molar-refractivity contribution in [1.82, 2.24) is 9.78 Å². The van der Waals surface area contributed by atoms with E-state index in [9.17, 15) is 15.0 Å². The highest BCUT2D eigenvalue weighted by molar-refractivity contribution is 5.83. The van der Waals surface area contributed by atoms with Gasteiger partial charge in [-0.25, -0.2) is 0 Å². The zero-order valence-corrected chi connectivity index (χ0v) is 11.4. The van der Waals surface area contributed by atoms with Crippen LogP contribution in [0.4, 0.5) is 5.82 Å². The normalized spacial score (nSPS) is 12.3. The number of nitrogen functional groups attached to an aromatic ring is 1. The quantitative estimate of drug-likeness (QED) is 0.740. The molecule has 0 aliphatic carbocycles. The molecule has 1 aromatic carbocycles. The highest BCUT2D eigenvalue weighted by Gasteiger charge is 2.19. The first-order chi connectivity index (χ1) is 9.38. The van der Waals surface area contributed by atoms with E-state index in [2.05, 4.69) is 5.10 Å². The van der Waals surface area contributed by atoms with Gasteiger partial charge in [-0.05, 0) is 31.0 Å². The Morgan fingerprint density at radius 3 is 2.60 bits per heavy atom. The number of rotatable bonds is 3. The Hall–Kier alpha value is -2.50. The Balaban J connectivity index is 2.15. The second-order valence-electron chi connectivity index (χ2n) is 4.89. The maximum atomic E-state index is 12.2. The van der Waals surface area contributed by atoms with Crippen LogP contribution in [-0.4, -0.2) is 25.9 Å². The van der Waals surface area contributed by atoms with Crippen LogP contribution in [0.15, 0.2) is 24.3 Å². The molecule has 1 aromatic heterocycles. The summed E-state index contributed by atoms with van der Waals surface area (Å²) in [6, 6.07) is 6.14. The van der Waals surface area contributed by atoms with Crippen LogP contribution in [-0.2, 0) is 6.42 Å². The van der Waals surface area contributed by atoms with Gasteiger partial charge in [-0.3, -0.25) is 4.79 Å². The van der Waals surface area contributed by atoms with Crippen molar-refractivity contribution in [3.63, 3.8) is 0 Å². The molecule has 1 heterocycles. The van der Waals surface area contributed by atoms with Crippen LogP contribution in [0.5, 0.6) is 11.5 Å². The van der Waals surface area contributed by atoms with Gasteiger partial charge in [-0.2, -0.15) is 9.78 Å². The lowest BCUT2D eigenvalue weighted by Crippen LogP contribution is -2.23. The SMILES string of the molecule is Cc1cc(N)n(C(=O)C(C)Cc2ccc(O)c(O)c2)n1. The molecule has 0 radical (unpaired) electrons. The first-order valence-electron chi connectivity index (χ1n) is 6.25. The van der Waals surface area contributed by atoms with Crippen LogP contribution in [0.1, 0.15) is 23.0 Å². The molecule has 0 saturated carbocycles. The summed E-state index contributed by atoms with van der Waals surface area (Å²) >= 11 is 0. The van der Waals surface area contributed by atoms with E-state index in [4.69, 9.17) is 5.73 Å². The topological polar surface area (TPSA) is 101 Å². The molecule has 2 rings (SSSR count). The Morgan fingerprint density at radius 2 is 2.05 bits per heavy atom. The number of carbonyl (C=O) groups excluding carboxylic acids is 1. The van der Waals surface area contributed by atoms with Crippen LogP contribution in [0.3, 0.4) is 0 Å². The molecule has 1 atom stereocenters. The molecule has 6 heteroatoms. The lowest BCUT2D eigenvalue weighted by Gasteiger charge is -2.11. The second kappa shape index (κ2) is 5.24. The van der Waals surface area contributed by atoms with Crippen LogP contribution < -0.4 is 5.73 Å². The predicted octanol–water partition coefficient (Wildman–Crippen LogP) is 1.70. The average molecular weight is 275 g/mol. The van der Waals surface area contributed by atoms with Crippen molar-refractivity contribution in [3.8, 4) is 11.5 Å². The van der Waals surface area contributed by atoms with Gasteiger partial charge in [0, 0.05) is 12.0 Å². The van der Waals surface area contributed by atoms with E-state index >= 15 is 0 Å². The van der Waals surface area contributed by atoms with Crippen LogP contribution in [0, 0.1) is 12.8 Å². The van der Waals surface area contributed by atoms with E-state index in [1.165, 1.54) is 16.8 Å². The molecule has 1 unspecified atom stereocenters. The highest BCUT2D eigenvalue weighted by Crippen LogP contribution is 2.26. The number of aromatic hydroxyl groups is 2. The minimum Gasteiger partial charge on any atom is -0.504 e. The molecule has 0 saturated heterocycles. The fourth-order valence-electron chi connectivity index (χ4n) is 2.04. The summed E-state index contributed by atoms with van der Waals surface area (Å²) in [6.07, 6.45) is 0.422. The summed E-state index contributed by atoms with van der Waals surface area (Å²) in [4.78, 5) is 12.2. The van der Waals surface area contributed by atoms with Crippen LogP contribution >= 0.6 is 0 Å². The summed E-state index contributed by atoms with van der Waals surface area (Å²) in [5.74, 6) is -0.618. The average Bonchev–Trinajstić information content (AvgIpc) is 2.72. The molecule has 0 amide bonds. The van der Waals surface area contributed by atoms with Gasteiger partial charge in [0.05, 0.1) is 5.69 Å². The monoisotopic (exact) mass is 275 g/mol. The van der Waals surface area contributed by atoms with Gasteiger partial charge < -0.3 is 15.9 Å². The van der Waals surface area contributed by atoms with E-state index in [0.717, 1.165) is 5.56 Å². The molecule has 2 aromatic rings. The molecule has 0 spiro atoms. The molecule has 0 aliphatic heterocycles. The molecular weight excluding hydrogens is 258 g/mol. The van der Waals surface area contributed by atoms with Crippen molar-refractivity contribution in [3.05, 3.63) is 35.5 Å². The van der Waals surface area contributed by atoms with Gasteiger partial charge in [-0.15, -0.1) is 0 Å².